The lowest BCUT2D eigenvalue weighted by Gasteiger charge is -2.27. The van der Waals surface area contributed by atoms with Crippen LogP contribution in [0.1, 0.15) is 23.7 Å². The van der Waals surface area contributed by atoms with Crippen molar-refractivity contribution in [3.8, 4) is 0 Å². The molecule has 1 atom stereocenters. The Morgan fingerprint density at radius 1 is 1.42 bits per heavy atom. The van der Waals surface area contributed by atoms with E-state index in [4.69, 9.17) is 16.7 Å². The van der Waals surface area contributed by atoms with E-state index in [1.807, 2.05) is 6.92 Å². The fourth-order valence-electron chi connectivity index (χ4n) is 2.63. The van der Waals surface area contributed by atoms with E-state index in [9.17, 15) is 22.8 Å². The second kappa shape index (κ2) is 6.84. The molecular weight excluding hydrogens is 367 g/mol. The SMILES string of the molecule is CCSc1cc(Cl)ccc1C(=O)N1CCC(C(=O)O)(C(F)(F)F)C1. The van der Waals surface area contributed by atoms with Crippen LogP contribution in [0.3, 0.4) is 0 Å². The molecule has 24 heavy (non-hydrogen) atoms. The first kappa shape index (κ1) is 18.9. The molecule has 1 heterocycles. The quantitative estimate of drug-likeness (QED) is 0.803. The number of nitrogens with zero attached hydrogens (tertiary/aromatic N) is 1. The summed E-state index contributed by atoms with van der Waals surface area (Å²) in [7, 11) is 0. The molecule has 1 saturated heterocycles. The Hall–Kier alpha value is -1.41. The number of amides is 1. The van der Waals surface area contributed by atoms with E-state index in [0.29, 0.717) is 15.7 Å². The number of carboxylic acid groups (broad SMARTS) is 1. The molecule has 0 saturated carbocycles. The van der Waals surface area contributed by atoms with Crippen molar-refractivity contribution in [3.63, 3.8) is 0 Å². The Morgan fingerprint density at radius 3 is 2.58 bits per heavy atom. The lowest BCUT2D eigenvalue weighted by atomic mass is 9.86. The molecule has 1 aromatic carbocycles. The van der Waals surface area contributed by atoms with Crippen LogP contribution in [0.5, 0.6) is 0 Å². The van der Waals surface area contributed by atoms with E-state index in [0.717, 1.165) is 4.90 Å². The van der Waals surface area contributed by atoms with Crippen LogP contribution in [-0.2, 0) is 4.79 Å². The van der Waals surface area contributed by atoms with Crippen LogP contribution >= 0.6 is 23.4 Å². The smallest absolute Gasteiger partial charge is 0.406 e. The van der Waals surface area contributed by atoms with Crippen molar-refractivity contribution >= 4 is 35.2 Å². The van der Waals surface area contributed by atoms with Gasteiger partial charge in [-0.25, -0.2) is 0 Å². The highest BCUT2D eigenvalue weighted by Crippen LogP contribution is 2.46. The third-order valence-corrected chi connectivity index (χ3v) is 5.15. The maximum absolute atomic E-state index is 13.2. The molecule has 1 unspecified atom stereocenters. The topological polar surface area (TPSA) is 57.6 Å². The first-order chi connectivity index (χ1) is 11.1. The number of hydrogen-bond donors (Lipinski definition) is 1. The molecule has 1 aliphatic rings. The third-order valence-electron chi connectivity index (χ3n) is 3.98. The number of thioether (sulfide) groups is 1. The molecule has 2 rings (SSSR count). The van der Waals surface area contributed by atoms with Crippen LogP contribution in [0.2, 0.25) is 5.02 Å². The predicted octanol–water partition coefficient (Wildman–Crippen LogP) is 3.93. The van der Waals surface area contributed by atoms with Crippen LogP contribution in [0.15, 0.2) is 23.1 Å². The molecule has 1 aromatic rings. The molecule has 9 heteroatoms. The van der Waals surface area contributed by atoms with Crippen molar-refractivity contribution in [2.24, 2.45) is 5.41 Å². The van der Waals surface area contributed by atoms with Crippen molar-refractivity contribution in [2.75, 3.05) is 18.8 Å². The first-order valence-corrected chi connectivity index (χ1v) is 8.50. The average Bonchev–Trinajstić information content (AvgIpc) is 2.93. The summed E-state index contributed by atoms with van der Waals surface area (Å²) in [5.74, 6) is -1.91. The number of alkyl halides is 3. The van der Waals surface area contributed by atoms with Gasteiger partial charge < -0.3 is 10.0 Å². The van der Waals surface area contributed by atoms with Crippen molar-refractivity contribution in [1.82, 2.24) is 4.90 Å². The van der Waals surface area contributed by atoms with Crippen molar-refractivity contribution in [1.29, 1.82) is 0 Å². The number of carbonyl (C=O) groups excluding carboxylic acids is 1. The molecule has 1 N–H and O–H groups in total. The van der Waals surface area contributed by atoms with Gasteiger partial charge in [0.25, 0.3) is 5.91 Å². The van der Waals surface area contributed by atoms with Crippen LogP contribution in [0.25, 0.3) is 0 Å². The van der Waals surface area contributed by atoms with Gasteiger partial charge in [0.05, 0.1) is 5.56 Å². The maximum atomic E-state index is 13.2. The molecule has 132 valence electrons. The van der Waals surface area contributed by atoms with Gasteiger partial charge in [-0.3, -0.25) is 9.59 Å². The van der Waals surface area contributed by atoms with Crippen molar-refractivity contribution < 1.29 is 27.9 Å². The minimum absolute atomic E-state index is 0.231. The van der Waals surface area contributed by atoms with E-state index in [1.54, 1.807) is 6.07 Å². The molecule has 0 aliphatic carbocycles. The Kier molecular flexibility index (Phi) is 5.39. The van der Waals surface area contributed by atoms with Gasteiger partial charge in [-0.1, -0.05) is 18.5 Å². The number of likely N-dealkylation sites (tertiary alicyclic amines) is 1. The Labute approximate surface area is 146 Å². The third kappa shape index (κ3) is 3.35. The van der Waals surface area contributed by atoms with Gasteiger partial charge in [0, 0.05) is 23.0 Å². The number of rotatable bonds is 4. The number of benzene rings is 1. The van der Waals surface area contributed by atoms with E-state index in [-0.39, 0.29) is 12.1 Å². The molecule has 0 radical (unpaired) electrons. The zero-order chi connectivity index (χ0) is 18.1. The number of halogens is 4. The maximum Gasteiger partial charge on any atom is 0.406 e. The fraction of sp³-hybridized carbons (Fsp3) is 0.467. The largest absolute Gasteiger partial charge is 0.481 e. The molecule has 1 fully saturated rings. The highest BCUT2D eigenvalue weighted by Gasteiger charge is 2.64. The number of carbonyl (C=O) groups is 2. The second-order valence-corrected chi connectivity index (χ2v) is 7.18. The van der Waals surface area contributed by atoms with Crippen molar-refractivity contribution in [3.05, 3.63) is 28.8 Å². The van der Waals surface area contributed by atoms with Gasteiger partial charge in [0.15, 0.2) is 5.41 Å². The van der Waals surface area contributed by atoms with Gasteiger partial charge in [0.1, 0.15) is 0 Å². The minimum atomic E-state index is -4.92. The molecule has 1 amide bonds. The summed E-state index contributed by atoms with van der Waals surface area (Å²) in [6, 6.07) is 4.52. The van der Waals surface area contributed by atoms with Crippen molar-refractivity contribution in [2.45, 2.75) is 24.4 Å². The predicted molar refractivity (Wildman–Crippen MR) is 84.5 cm³/mol. The molecule has 1 aliphatic heterocycles. The summed E-state index contributed by atoms with van der Waals surface area (Å²) in [5.41, 5.74) is -2.68. The summed E-state index contributed by atoms with van der Waals surface area (Å²) < 4.78 is 39.7. The van der Waals surface area contributed by atoms with Gasteiger partial charge in [0.2, 0.25) is 0 Å². The lowest BCUT2D eigenvalue weighted by molar-refractivity contribution is -0.227. The normalized spacial score (nSPS) is 21.1. The second-order valence-electron chi connectivity index (χ2n) is 5.44. The highest BCUT2D eigenvalue weighted by atomic mass is 35.5. The van der Waals surface area contributed by atoms with Gasteiger partial charge in [-0.15, -0.1) is 11.8 Å². The molecule has 4 nitrogen and oxygen atoms in total. The first-order valence-electron chi connectivity index (χ1n) is 7.14. The van der Waals surface area contributed by atoms with Gasteiger partial charge >= 0.3 is 12.1 Å². The summed E-state index contributed by atoms with van der Waals surface area (Å²) >= 11 is 7.24. The lowest BCUT2D eigenvalue weighted by Crippen LogP contribution is -2.47. The minimum Gasteiger partial charge on any atom is -0.481 e. The van der Waals surface area contributed by atoms with Crippen LogP contribution < -0.4 is 0 Å². The van der Waals surface area contributed by atoms with Crippen LogP contribution in [0, 0.1) is 5.41 Å². The Balaban J connectivity index is 2.31. The fourth-order valence-corrected chi connectivity index (χ4v) is 3.70. The standard InChI is InChI=1S/C15H15ClF3NO3S/c1-2-24-11-7-9(16)3-4-10(11)12(21)20-6-5-14(8-20,13(22)23)15(17,18)19/h3-4,7H,2,5-6,8H2,1H3,(H,22,23). The van der Waals surface area contributed by atoms with Gasteiger partial charge in [-0.2, -0.15) is 13.2 Å². The molecule has 0 aromatic heterocycles. The zero-order valence-electron chi connectivity index (χ0n) is 12.7. The summed E-state index contributed by atoms with van der Waals surface area (Å²) in [6.45, 7) is 0.724. The highest BCUT2D eigenvalue weighted by molar-refractivity contribution is 7.99. The van der Waals surface area contributed by atoms with E-state index < -0.39 is 36.4 Å². The Morgan fingerprint density at radius 2 is 2.08 bits per heavy atom. The summed E-state index contributed by atoms with van der Waals surface area (Å²) in [4.78, 5) is 25.3. The number of carboxylic acids is 1. The monoisotopic (exact) mass is 381 g/mol. The summed E-state index contributed by atoms with van der Waals surface area (Å²) in [6.07, 6.45) is -5.57. The molecule has 0 bridgehead atoms. The average molecular weight is 382 g/mol. The number of hydrogen-bond acceptors (Lipinski definition) is 3. The van der Waals surface area contributed by atoms with Gasteiger partial charge in [-0.05, 0) is 30.4 Å². The summed E-state index contributed by atoms with van der Waals surface area (Å²) in [5, 5.41) is 9.48. The van der Waals surface area contributed by atoms with Crippen LogP contribution in [-0.4, -0.2) is 46.9 Å². The van der Waals surface area contributed by atoms with E-state index >= 15 is 0 Å². The van der Waals surface area contributed by atoms with E-state index in [1.165, 1.54) is 23.9 Å². The van der Waals surface area contributed by atoms with Crippen LogP contribution in [0.4, 0.5) is 13.2 Å². The molecule has 0 spiro atoms. The number of aliphatic carboxylic acids is 1. The molecular formula is C15H15ClF3NO3S. The van der Waals surface area contributed by atoms with E-state index in [2.05, 4.69) is 0 Å². The Bertz CT molecular complexity index is 668. The zero-order valence-corrected chi connectivity index (χ0v) is 14.3.